The molecule has 3 rings (SSSR count). The van der Waals surface area contributed by atoms with E-state index in [-0.39, 0.29) is 16.8 Å². The number of fused-ring (bicyclic) bond motifs is 1. The summed E-state index contributed by atoms with van der Waals surface area (Å²) < 4.78 is 26.9. The Morgan fingerprint density at radius 2 is 2.05 bits per heavy atom. The van der Waals surface area contributed by atoms with Crippen LogP contribution in [0.1, 0.15) is 51.3 Å². The molecule has 1 heterocycles. The molecule has 0 aliphatic heterocycles. The number of rotatable bonds is 1. The minimum Gasteiger partial charge on any atom is -0.342 e. The van der Waals surface area contributed by atoms with Crippen LogP contribution < -0.4 is 0 Å². The number of benzene rings is 1. The zero-order valence-corrected chi connectivity index (χ0v) is 11.3. The average Bonchev–Trinajstić information content (AvgIpc) is 2.72. The van der Waals surface area contributed by atoms with Crippen LogP contribution in [0.5, 0.6) is 0 Å². The van der Waals surface area contributed by atoms with Crippen molar-refractivity contribution in [2.75, 3.05) is 0 Å². The molecule has 1 aromatic carbocycles. The zero-order valence-electron chi connectivity index (χ0n) is 11.3. The molecule has 0 radical (unpaired) electrons. The molecule has 1 saturated carbocycles. The lowest BCUT2D eigenvalue weighted by Gasteiger charge is -2.37. The van der Waals surface area contributed by atoms with Crippen molar-refractivity contribution in [3.05, 3.63) is 29.6 Å². The van der Waals surface area contributed by atoms with Crippen molar-refractivity contribution in [2.24, 2.45) is 5.41 Å². The minimum absolute atomic E-state index is 0.154. The third kappa shape index (κ3) is 2.13. The molecule has 1 fully saturated rings. The number of hydrogen-bond acceptors (Lipinski definition) is 1. The molecule has 102 valence electrons. The van der Waals surface area contributed by atoms with E-state index in [4.69, 9.17) is 0 Å². The molecule has 0 amide bonds. The summed E-state index contributed by atoms with van der Waals surface area (Å²) in [5, 5.41) is 0. The van der Waals surface area contributed by atoms with Gasteiger partial charge in [-0.2, -0.15) is 0 Å². The maximum Gasteiger partial charge on any atom is 0.153 e. The maximum absolute atomic E-state index is 13.7. The highest BCUT2D eigenvalue weighted by molar-refractivity contribution is 5.75. The van der Waals surface area contributed by atoms with Gasteiger partial charge in [-0.1, -0.05) is 26.7 Å². The predicted molar refractivity (Wildman–Crippen MR) is 71.0 cm³/mol. The van der Waals surface area contributed by atoms with Gasteiger partial charge in [0.05, 0.1) is 5.52 Å². The molecular formula is C15H18F2N2. The van der Waals surface area contributed by atoms with Gasteiger partial charge in [0.25, 0.3) is 0 Å². The molecule has 19 heavy (non-hydrogen) atoms. The molecule has 0 spiro atoms. The molecule has 0 saturated heterocycles. The summed E-state index contributed by atoms with van der Waals surface area (Å²) in [6, 6.07) is 2.20. The Kier molecular flexibility index (Phi) is 2.84. The largest absolute Gasteiger partial charge is 0.342 e. The Morgan fingerprint density at radius 1 is 1.26 bits per heavy atom. The standard InChI is InChI=1S/C15H18F2N2/c1-15(2)6-4-3-5-10(15)14-18-12-8-9(16)7-11(17)13(12)19-14/h7-8,10H,3-6H2,1-2H3,(H,18,19). The summed E-state index contributed by atoms with van der Waals surface area (Å²) in [6.07, 6.45) is 4.59. The lowest BCUT2D eigenvalue weighted by molar-refractivity contribution is 0.193. The van der Waals surface area contributed by atoms with Gasteiger partial charge in [-0.15, -0.1) is 0 Å². The monoisotopic (exact) mass is 264 g/mol. The summed E-state index contributed by atoms with van der Waals surface area (Å²) in [5.74, 6) is -0.0745. The van der Waals surface area contributed by atoms with Crippen molar-refractivity contribution in [1.29, 1.82) is 0 Å². The lowest BCUT2D eigenvalue weighted by atomic mass is 9.68. The van der Waals surface area contributed by atoms with E-state index in [9.17, 15) is 8.78 Å². The van der Waals surface area contributed by atoms with Crippen molar-refractivity contribution in [3.8, 4) is 0 Å². The normalized spacial score (nSPS) is 22.8. The van der Waals surface area contributed by atoms with Crippen LogP contribution in [0.15, 0.2) is 12.1 Å². The SMILES string of the molecule is CC1(C)CCCCC1c1nc2c(F)cc(F)cc2[nH]1. The van der Waals surface area contributed by atoms with Crippen LogP contribution in [0, 0.1) is 17.0 Å². The van der Waals surface area contributed by atoms with Crippen LogP contribution >= 0.6 is 0 Å². The van der Waals surface area contributed by atoms with Gasteiger partial charge in [0, 0.05) is 12.0 Å². The zero-order chi connectivity index (χ0) is 13.6. The Morgan fingerprint density at radius 3 is 2.79 bits per heavy atom. The summed E-state index contributed by atoms with van der Waals surface area (Å²) in [7, 11) is 0. The molecule has 1 aliphatic rings. The second-order valence-corrected chi connectivity index (χ2v) is 6.19. The third-order valence-electron chi connectivity index (χ3n) is 4.36. The van der Waals surface area contributed by atoms with E-state index in [1.54, 1.807) is 0 Å². The van der Waals surface area contributed by atoms with E-state index in [2.05, 4.69) is 23.8 Å². The Labute approximate surface area is 111 Å². The first-order valence-corrected chi connectivity index (χ1v) is 6.82. The first kappa shape index (κ1) is 12.6. The molecule has 0 bridgehead atoms. The first-order valence-electron chi connectivity index (χ1n) is 6.82. The second-order valence-electron chi connectivity index (χ2n) is 6.19. The highest BCUT2D eigenvalue weighted by Crippen LogP contribution is 2.46. The van der Waals surface area contributed by atoms with Crippen molar-refractivity contribution in [3.63, 3.8) is 0 Å². The molecular weight excluding hydrogens is 246 g/mol. The molecule has 1 atom stereocenters. The number of aromatic amines is 1. The average molecular weight is 264 g/mol. The van der Waals surface area contributed by atoms with Gasteiger partial charge in [0.15, 0.2) is 5.82 Å². The lowest BCUT2D eigenvalue weighted by Crippen LogP contribution is -2.26. The number of nitrogens with one attached hydrogen (secondary N) is 1. The smallest absolute Gasteiger partial charge is 0.153 e. The van der Waals surface area contributed by atoms with Gasteiger partial charge in [-0.05, 0) is 24.3 Å². The van der Waals surface area contributed by atoms with Gasteiger partial charge in [0.2, 0.25) is 0 Å². The van der Waals surface area contributed by atoms with E-state index < -0.39 is 11.6 Å². The fourth-order valence-corrected chi connectivity index (χ4v) is 3.23. The van der Waals surface area contributed by atoms with Crippen molar-refractivity contribution < 1.29 is 8.78 Å². The fourth-order valence-electron chi connectivity index (χ4n) is 3.23. The number of nitrogens with zero attached hydrogens (tertiary/aromatic N) is 1. The second kappa shape index (κ2) is 4.29. The van der Waals surface area contributed by atoms with Gasteiger partial charge in [0.1, 0.15) is 17.2 Å². The quantitative estimate of drug-likeness (QED) is 0.805. The molecule has 4 heteroatoms. The number of aromatic nitrogens is 2. The van der Waals surface area contributed by atoms with Crippen LogP contribution in [0.25, 0.3) is 11.0 Å². The van der Waals surface area contributed by atoms with E-state index in [1.807, 2.05) is 0 Å². The minimum atomic E-state index is -0.592. The summed E-state index contributed by atoms with van der Waals surface area (Å²) in [6.45, 7) is 4.45. The van der Waals surface area contributed by atoms with E-state index in [0.717, 1.165) is 24.7 Å². The van der Waals surface area contributed by atoms with Crippen molar-refractivity contribution >= 4 is 11.0 Å². The third-order valence-corrected chi connectivity index (χ3v) is 4.36. The molecule has 1 N–H and O–H groups in total. The Bertz CT molecular complexity index is 616. The van der Waals surface area contributed by atoms with Crippen LogP contribution in [0.2, 0.25) is 0 Å². The van der Waals surface area contributed by atoms with Crippen LogP contribution in [0.3, 0.4) is 0 Å². The molecule has 2 aromatic rings. The van der Waals surface area contributed by atoms with Crippen LogP contribution in [-0.2, 0) is 0 Å². The maximum atomic E-state index is 13.7. The van der Waals surface area contributed by atoms with Crippen LogP contribution in [-0.4, -0.2) is 9.97 Å². The Balaban J connectivity index is 2.08. The number of hydrogen-bond donors (Lipinski definition) is 1. The first-order chi connectivity index (χ1) is 8.97. The Hall–Kier alpha value is -1.45. The fraction of sp³-hybridized carbons (Fsp3) is 0.533. The van der Waals surface area contributed by atoms with Gasteiger partial charge >= 0.3 is 0 Å². The van der Waals surface area contributed by atoms with Crippen molar-refractivity contribution in [2.45, 2.75) is 45.4 Å². The van der Waals surface area contributed by atoms with Gasteiger partial charge < -0.3 is 4.98 Å². The number of H-pyrrole nitrogens is 1. The molecule has 1 aromatic heterocycles. The molecule has 2 nitrogen and oxygen atoms in total. The van der Waals surface area contributed by atoms with Crippen molar-refractivity contribution in [1.82, 2.24) is 9.97 Å². The van der Waals surface area contributed by atoms with Gasteiger partial charge in [-0.25, -0.2) is 13.8 Å². The summed E-state index contributed by atoms with van der Waals surface area (Å²) in [5.41, 5.74) is 0.855. The highest BCUT2D eigenvalue weighted by atomic mass is 19.1. The van der Waals surface area contributed by atoms with Gasteiger partial charge in [-0.3, -0.25) is 0 Å². The topological polar surface area (TPSA) is 28.7 Å². The number of imidazole rings is 1. The summed E-state index contributed by atoms with van der Waals surface area (Å²) in [4.78, 5) is 7.49. The highest BCUT2D eigenvalue weighted by Gasteiger charge is 2.35. The van der Waals surface area contributed by atoms with Crippen LogP contribution in [0.4, 0.5) is 8.78 Å². The predicted octanol–water partition coefficient (Wildman–Crippen LogP) is 4.52. The van der Waals surface area contributed by atoms with E-state index in [0.29, 0.717) is 5.52 Å². The van der Waals surface area contributed by atoms with E-state index >= 15 is 0 Å². The molecule has 1 unspecified atom stereocenters. The summed E-state index contributed by atoms with van der Waals surface area (Å²) >= 11 is 0. The van der Waals surface area contributed by atoms with E-state index in [1.165, 1.54) is 18.9 Å². The number of halogens is 2. The molecule has 1 aliphatic carbocycles.